The fraction of sp³-hybridized carbons (Fsp3) is 0.455. The number of aromatic nitrogens is 1. The fourth-order valence-corrected chi connectivity index (χ4v) is 2.01. The second kappa shape index (κ2) is 6.50. The monoisotopic (exact) mass is 241 g/mol. The maximum atomic E-state index is 11.6. The minimum atomic E-state index is -0.414. The molecule has 0 amide bonds. The van der Waals surface area contributed by atoms with Crippen molar-refractivity contribution in [3.8, 4) is 0 Å². The van der Waals surface area contributed by atoms with Gasteiger partial charge >= 0.3 is 5.97 Å². The number of thioether (sulfide) groups is 1. The molecular weight excluding hydrogens is 226 g/mol. The summed E-state index contributed by atoms with van der Waals surface area (Å²) >= 11 is 1.51. The summed E-state index contributed by atoms with van der Waals surface area (Å²) in [5.41, 5.74) is 1.02. The van der Waals surface area contributed by atoms with Gasteiger partial charge in [-0.05, 0) is 24.3 Å². The quantitative estimate of drug-likeness (QED) is 0.630. The molecular formula is C11H15NO3S. The fourth-order valence-electron chi connectivity index (χ4n) is 1.19. The second-order valence-corrected chi connectivity index (χ2v) is 4.31. The van der Waals surface area contributed by atoms with E-state index in [0.717, 1.165) is 10.6 Å². The zero-order chi connectivity index (χ0) is 12.0. The molecule has 0 spiro atoms. The number of ether oxygens (including phenoxy) is 1. The Balaban J connectivity index is 3.01. The molecule has 4 nitrogen and oxygen atoms in total. The molecule has 1 aromatic heterocycles. The molecule has 0 radical (unpaired) electrons. The van der Waals surface area contributed by atoms with Crippen LogP contribution in [0.4, 0.5) is 0 Å². The van der Waals surface area contributed by atoms with Crippen LogP contribution < -0.4 is 0 Å². The smallest absolute Gasteiger partial charge is 0.358 e. The van der Waals surface area contributed by atoms with E-state index in [2.05, 4.69) is 4.98 Å². The van der Waals surface area contributed by atoms with Crippen molar-refractivity contribution >= 4 is 17.7 Å². The normalized spacial score (nSPS) is 10.2. The standard InChI is InChI=1S/C11H15NO3S/c1-3-15-11(14)10-9(16-4-2)5-8(7-13)6-12-10/h5-6,13H,3-4,7H2,1-2H3. The van der Waals surface area contributed by atoms with Crippen molar-refractivity contribution in [1.82, 2.24) is 4.98 Å². The van der Waals surface area contributed by atoms with E-state index < -0.39 is 5.97 Å². The van der Waals surface area contributed by atoms with Crippen molar-refractivity contribution in [1.29, 1.82) is 0 Å². The van der Waals surface area contributed by atoms with Crippen LogP contribution in [0.2, 0.25) is 0 Å². The summed E-state index contributed by atoms with van der Waals surface area (Å²) in [5.74, 6) is 0.422. The van der Waals surface area contributed by atoms with Gasteiger partial charge in [-0.2, -0.15) is 0 Å². The van der Waals surface area contributed by atoms with Crippen LogP contribution in [0.1, 0.15) is 29.9 Å². The first-order valence-corrected chi connectivity index (χ1v) is 6.11. The van der Waals surface area contributed by atoms with Gasteiger partial charge in [-0.3, -0.25) is 0 Å². The third-order valence-corrected chi connectivity index (χ3v) is 2.77. The van der Waals surface area contributed by atoms with Crippen molar-refractivity contribution in [2.45, 2.75) is 25.3 Å². The van der Waals surface area contributed by atoms with Gasteiger partial charge in [-0.25, -0.2) is 9.78 Å². The Bertz CT molecular complexity index is 368. The van der Waals surface area contributed by atoms with Gasteiger partial charge in [0.15, 0.2) is 5.69 Å². The molecule has 0 bridgehead atoms. The first kappa shape index (κ1) is 13.0. The summed E-state index contributed by atoms with van der Waals surface area (Å²) in [6.07, 6.45) is 1.49. The van der Waals surface area contributed by atoms with Crippen molar-refractivity contribution in [3.05, 3.63) is 23.5 Å². The largest absolute Gasteiger partial charge is 0.461 e. The Morgan fingerprint density at radius 2 is 2.31 bits per heavy atom. The van der Waals surface area contributed by atoms with E-state index in [0.29, 0.717) is 17.9 Å². The van der Waals surface area contributed by atoms with E-state index in [1.807, 2.05) is 6.92 Å². The molecule has 1 aromatic rings. The third kappa shape index (κ3) is 3.21. The van der Waals surface area contributed by atoms with E-state index in [9.17, 15) is 4.79 Å². The lowest BCUT2D eigenvalue weighted by atomic mass is 10.2. The zero-order valence-electron chi connectivity index (χ0n) is 9.40. The summed E-state index contributed by atoms with van der Waals surface area (Å²) in [6.45, 7) is 4.00. The molecule has 88 valence electrons. The Morgan fingerprint density at radius 3 is 2.88 bits per heavy atom. The topological polar surface area (TPSA) is 59.4 Å². The minimum absolute atomic E-state index is 0.0760. The highest BCUT2D eigenvalue weighted by atomic mass is 32.2. The second-order valence-electron chi connectivity index (χ2n) is 3.00. The number of hydrogen-bond acceptors (Lipinski definition) is 5. The number of carbonyl (C=O) groups is 1. The summed E-state index contributed by atoms with van der Waals surface area (Å²) in [6, 6.07) is 1.77. The number of nitrogens with zero attached hydrogens (tertiary/aromatic N) is 1. The maximum Gasteiger partial charge on any atom is 0.358 e. The molecule has 16 heavy (non-hydrogen) atoms. The zero-order valence-corrected chi connectivity index (χ0v) is 10.2. The molecule has 0 atom stereocenters. The van der Waals surface area contributed by atoms with E-state index >= 15 is 0 Å². The van der Waals surface area contributed by atoms with Crippen LogP contribution in [-0.4, -0.2) is 28.4 Å². The lowest BCUT2D eigenvalue weighted by Gasteiger charge is -2.07. The average Bonchev–Trinajstić information content (AvgIpc) is 2.29. The molecule has 1 rings (SSSR count). The van der Waals surface area contributed by atoms with Gasteiger partial charge in [0.25, 0.3) is 0 Å². The van der Waals surface area contributed by atoms with Gasteiger partial charge in [-0.15, -0.1) is 11.8 Å². The van der Waals surface area contributed by atoms with Crippen molar-refractivity contribution < 1.29 is 14.6 Å². The Morgan fingerprint density at radius 1 is 1.56 bits per heavy atom. The lowest BCUT2D eigenvalue weighted by molar-refractivity contribution is 0.0515. The maximum absolute atomic E-state index is 11.6. The molecule has 0 aliphatic heterocycles. The predicted octanol–water partition coefficient (Wildman–Crippen LogP) is 1.86. The van der Waals surface area contributed by atoms with E-state index in [-0.39, 0.29) is 6.61 Å². The highest BCUT2D eigenvalue weighted by molar-refractivity contribution is 7.99. The van der Waals surface area contributed by atoms with E-state index in [4.69, 9.17) is 9.84 Å². The third-order valence-electron chi connectivity index (χ3n) is 1.86. The molecule has 0 fully saturated rings. The van der Waals surface area contributed by atoms with Gasteiger partial charge in [0.1, 0.15) is 0 Å². The van der Waals surface area contributed by atoms with Crippen LogP contribution in [0.25, 0.3) is 0 Å². The first-order chi connectivity index (χ1) is 7.72. The van der Waals surface area contributed by atoms with Crippen LogP contribution in [0.5, 0.6) is 0 Å². The average molecular weight is 241 g/mol. The van der Waals surface area contributed by atoms with Crippen molar-refractivity contribution in [2.24, 2.45) is 0 Å². The van der Waals surface area contributed by atoms with Gasteiger partial charge in [0.2, 0.25) is 0 Å². The number of hydrogen-bond donors (Lipinski definition) is 1. The summed E-state index contributed by atoms with van der Waals surface area (Å²) in [4.78, 5) is 16.4. The van der Waals surface area contributed by atoms with Crippen molar-refractivity contribution in [3.63, 3.8) is 0 Å². The van der Waals surface area contributed by atoms with Crippen LogP contribution in [0, 0.1) is 0 Å². The first-order valence-electron chi connectivity index (χ1n) is 5.12. The Hall–Kier alpha value is -1.07. The molecule has 0 aliphatic carbocycles. The molecule has 1 N–H and O–H groups in total. The molecule has 0 unspecified atom stereocenters. The highest BCUT2D eigenvalue weighted by Crippen LogP contribution is 2.23. The summed E-state index contributed by atoms with van der Waals surface area (Å²) < 4.78 is 4.91. The lowest BCUT2D eigenvalue weighted by Crippen LogP contribution is -2.09. The number of carbonyl (C=O) groups excluding carboxylic acids is 1. The SMILES string of the molecule is CCOC(=O)c1ncc(CO)cc1SCC. The number of pyridine rings is 1. The van der Waals surface area contributed by atoms with Gasteiger partial charge in [0, 0.05) is 11.1 Å². The van der Waals surface area contributed by atoms with E-state index in [1.54, 1.807) is 13.0 Å². The van der Waals surface area contributed by atoms with Crippen LogP contribution >= 0.6 is 11.8 Å². The number of esters is 1. The molecule has 0 saturated heterocycles. The molecule has 0 saturated carbocycles. The van der Waals surface area contributed by atoms with Gasteiger partial charge in [0.05, 0.1) is 13.2 Å². The summed E-state index contributed by atoms with van der Waals surface area (Å²) in [5, 5.41) is 9.00. The Kier molecular flexibility index (Phi) is 5.28. The van der Waals surface area contributed by atoms with Crippen molar-refractivity contribution in [2.75, 3.05) is 12.4 Å². The number of rotatable bonds is 5. The van der Waals surface area contributed by atoms with Gasteiger partial charge < -0.3 is 9.84 Å². The Labute approximate surface area is 99.0 Å². The molecule has 1 heterocycles. The highest BCUT2D eigenvalue weighted by Gasteiger charge is 2.14. The van der Waals surface area contributed by atoms with Gasteiger partial charge in [-0.1, -0.05) is 6.92 Å². The van der Waals surface area contributed by atoms with Crippen LogP contribution in [0.15, 0.2) is 17.2 Å². The number of aliphatic hydroxyl groups is 1. The molecule has 0 aromatic carbocycles. The molecule has 5 heteroatoms. The molecule has 0 aliphatic rings. The van der Waals surface area contributed by atoms with E-state index in [1.165, 1.54) is 18.0 Å². The minimum Gasteiger partial charge on any atom is -0.461 e. The predicted molar refractivity (Wildman–Crippen MR) is 62.5 cm³/mol. The van der Waals surface area contributed by atoms with Crippen LogP contribution in [-0.2, 0) is 11.3 Å². The summed E-state index contributed by atoms with van der Waals surface area (Å²) in [7, 11) is 0. The number of aliphatic hydroxyl groups excluding tert-OH is 1. The van der Waals surface area contributed by atoms with Crippen LogP contribution in [0.3, 0.4) is 0 Å².